The number of rotatable bonds is 9. The van der Waals surface area contributed by atoms with E-state index in [1.807, 2.05) is 41.8 Å². The molecule has 206 valence electrons. The molecule has 1 aliphatic heterocycles. The maximum atomic E-state index is 12.3. The van der Waals surface area contributed by atoms with Gasteiger partial charge in [0.15, 0.2) is 0 Å². The van der Waals surface area contributed by atoms with Gasteiger partial charge in [-0.05, 0) is 62.5 Å². The van der Waals surface area contributed by atoms with Gasteiger partial charge in [-0.1, -0.05) is 35.9 Å². The van der Waals surface area contributed by atoms with E-state index in [1.54, 1.807) is 12.4 Å². The first-order valence-electron chi connectivity index (χ1n) is 12.8. The van der Waals surface area contributed by atoms with Crippen molar-refractivity contribution in [1.29, 1.82) is 0 Å². The summed E-state index contributed by atoms with van der Waals surface area (Å²) in [4.78, 5) is 19.4. The van der Waals surface area contributed by atoms with Crippen molar-refractivity contribution >= 4 is 49.7 Å². The molecule has 1 fully saturated rings. The van der Waals surface area contributed by atoms with Gasteiger partial charge in [-0.2, -0.15) is 0 Å². The predicted molar refractivity (Wildman–Crippen MR) is 156 cm³/mol. The zero-order valence-corrected chi connectivity index (χ0v) is 24.2. The minimum absolute atomic E-state index is 0.194. The molecule has 0 bridgehead atoms. The topological polar surface area (TPSA) is 108 Å². The lowest BCUT2D eigenvalue weighted by molar-refractivity contribution is 0.0998. The number of hydrogen-bond donors (Lipinski definition) is 1. The van der Waals surface area contributed by atoms with E-state index in [0.717, 1.165) is 47.5 Å². The van der Waals surface area contributed by atoms with Crippen molar-refractivity contribution in [2.75, 3.05) is 31.6 Å². The number of piperidine rings is 1. The number of halogens is 1. The molecule has 1 aliphatic rings. The van der Waals surface area contributed by atoms with Crippen molar-refractivity contribution in [2.24, 2.45) is 5.73 Å². The van der Waals surface area contributed by atoms with Gasteiger partial charge in [-0.15, -0.1) is 11.3 Å². The molecule has 1 saturated heterocycles. The number of nitrogens with two attached hydrogens (primary N) is 1. The normalized spacial score (nSPS) is 16.0. The molecule has 1 amide bonds. The number of benzene rings is 2. The van der Waals surface area contributed by atoms with Crippen LogP contribution in [0.1, 0.15) is 52.6 Å². The third-order valence-corrected chi connectivity index (χ3v) is 9.60. The maximum absolute atomic E-state index is 12.3. The van der Waals surface area contributed by atoms with Gasteiger partial charge in [0, 0.05) is 29.5 Å². The van der Waals surface area contributed by atoms with Crippen LogP contribution in [0, 0.1) is 0 Å². The summed E-state index contributed by atoms with van der Waals surface area (Å²) in [5, 5.41) is 1.37. The van der Waals surface area contributed by atoms with E-state index in [9.17, 15) is 13.2 Å². The van der Waals surface area contributed by atoms with E-state index in [-0.39, 0.29) is 11.9 Å². The molecule has 1 unspecified atom stereocenters. The molecule has 0 spiro atoms. The molecule has 2 N–H and O–H groups in total. The van der Waals surface area contributed by atoms with Gasteiger partial charge in [0.2, 0.25) is 0 Å². The Hall–Kier alpha value is -2.92. The molecule has 0 aliphatic carbocycles. The third-order valence-electron chi connectivity index (χ3n) is 7.20. The van der Waals surface area contributed by atoms with Crippen LogP contribution in [0.3, 0.4) is 0 Å². The van der Waals surface area contributed by atoms with Crippen molar-refractivity contribution in [3.05, 3.63) is 75.9 Å². The van der Waals surface area contributed by atoms with Gasteiger partial charge < -0.3 is 15.4 Å². The van der Waals surface area contributed by atoms with Crippen molar-refractivity contribution in [2.45, 2.75) is 31.8 Å². The molecule has 5 rings (SSSR count). The van der Waals surface area contributed by atoms with E-state index in [0.29, 0.717) is 28.1 Å². The molecule has 8 nitrogen and oxygen atoms in total. The van der Waals surface area contributed by atoms with Crippen LogP contribution in [0.25, 0.3) is 16.0 Å². The average molecular weight is 587 g/mol. The molecule has 4 aromatic rings. The number of fused-ring (bicyclic) bond motifs is 1. The van der Waals surface area contributed by atoms with Crippen molar-refractivity contribution < 1.29 is 17.9 Å². The lowest BCUT2D eigenvalue weighted by Gasteiger charge is -2.32. The molecule has 11 heteroatoms. The molecule has 0 radical (unpaired) electrons. The monoisotopic (exact) mass is 586 g/mol. The van der Waals surface area contributed by atoms with Gasteiger partial charge in [-0.25, -0.2) is 13.4 Å². The summed E-state index contributed by atoms with van der Waals surface area (Å²) in [6.45, 7) is 4.20. The summed E-state index contributed by atoms with van der Waals surface area (Å²) in [7, 11) is -2.96. The highest BCUT2D eigenvalue weighted by Crippen LogP contribution is 2.38. The quantitative estimate of drug-likeness (QED) is 0.289. The Morgan fingerprint density at radius 1 is 1.21 bits per heavy atom. The van der Waals surface area contributed by atoms with Crippen LogP contribution in [-0.2, 0) is 9.84 Å². The van der Waals surface area contributed by atoms with Crippen molar-refractivity contribution in [1.82, 2.24) is 14.5 Å². The SMILES string of the molecule is CC(Oc1cc(-n2cnc3ccc(C4CCN(CCS(C)(=O)=O)CC4)cc32)sc1C(N)=O)c1ccccc1Cl. The second kappa shape index (κ2) is 11.3. The Morgan fingerprint density at radius 3 is 2.64 bits per heavy atom. The number of ether oxygens (including phenoxy) is 1. The van der Waals surface area contributed by atoms with E-state index in [1.165, 1.54) is 23.2 Å². The third kappa shape index (κ3) is 6.30. The Kier molecular flexibility index (Phi) is 8.00. The Labute approximate surface area is 237 Å². The second-order valence-corrected chi connectivity index (χ2v) is 13.7. The number of aromatic nitrogens is 2. The highest BCUT2D eigenvalue weighted by molar-refractivity contribution is 7.90. The summed E-state index contributed by atoms with van der Waals surface area (Å²) in [6.07, 6.45) is 4.58. The van der Waals surface area contributed by atoms with Crippen LogP contribution in [0.4, 0.5) is 0 Å². The second-order valence-electron chi connectivity index (χ2n) is 10.0. The van der Waals surface area contributed by atoms with Gasteiger partial charge >= 0.3 is 0 Å². The number of nitrogens with zero attached hydrogens (tertiary/aromatic N) is 3. The summed E-state index contributed by atoms with van der Waals surface area (Å²) >= 11 is 7.62. The molecule has 2 aromatic carbocycles. The maximum Gasteiger partial charge on any atom is 0.262 e. The van der Waals surface area contributed by atoms with Gasteiger partial charge in [0.05, 0.1) is 16.8 Å². The fourth-order valence-electron chi connectivity index (χ4n) is 5.04. The number of carbonyl (C=O) groups is 1. The number of likely N-dealkylation sites (tertiary alicyclic amines) is 1. The number of hydrogen-bond acceptors (Lipinski definition) is 7. The largest absolute Gasteiger partial charge is 0.484 e. The molecular weight excluding hydrogens is 556 g/mol. The Bertz CT molecular complexity index is 1610. The van der Waals surface area contributed by atoms with Crippen molar-refractivity contribution in [3.8, 4) is 10.8 Å². The van der Waals surface area contributed by atoms with E-state index in [4.69, 9.17) is 22.1 Å². The van der Waals surface area contributed by atoms with Crippen LogP contribution in [0.5, 0.6) is 5.75 Å². The van der Waals surface area contributed by atoms with Gasteiger partial charge in [-0.3, -0.25) is 9.36 Å². The van der Waals surface area contributed by atoms with Gasteiger partial charge in [0.1, 0.15) is 37.9 Å². The highest BCUT2D eigenvalue weighted by atomic mass is 35.5. The first-order chi connectivity index (χ1) is 18.6. The van der Waals surface area contributed by atoms with Crippen LogP contribution in [0.2, 0.25) is 5.02 Å². The minimum Gasteiger partial charge on any atom is -0.484 e. The van der Waals surface area contributed by atoms with E-state index >= 15 is 0 Å². The van der Waals surface area contributed by atoms with Gasteiger partial charge in [0.25, 0.3) is 5.91 Å². The number of primary amides is 1. The highest BCUT2D eigenvalue weighted by Gasteiger charge is 2.24. The van der Waals surface area contributed by atoms with Crippen LogP contribution in [-0.4, -0.2) is 60.4 Å². The first-order valence-corrected chi connectivity index (χ1v) is 16.1. The van der Waals surface area contributed by atoms with E-state index < -0.39 is 15.7 Å². The zero-order valence-electron chi connectivity index (χ0n) is 21.8. The fourth-order valence-corrected chi connectivity index (χ4v) is 6.84. The number of carbonyl (C=O) groups excluding carboxylic acids is 1. The smallest absolute Gasteiger partial charge is 0.262 e. The summed E-state index contributed by atoms with van der Waals surface area (Å²) in [5.74, 6) is 0.432. The summed E-state index contributed by atoms with van der Waals surface area (Å²) < 4.78 is 31.2. The van der Waals surface area contributed by atoms with Crippen LogP contribution in [0.15, 0.2) is 54.9 Å². The first kappa shape index (κ1) is 27.6. The predicted octanol–water partition coefficient (Wildman–Crippen LogP) is 5.20. The van der Waals surface area contributed by atoms with Crippen molar-refractivity contribution in [3.63, 3.8) is 0 Å². The number of amides is 1. The molecule has 2 aromatic heterocycles. The van der Waals surface area contributed by atoms with E-state index in [2.05, 4.69) is 22.0 Å². The average Bonchev–Trinajstić information content (AvgIpc) is 3.51. The molecular formula is C28H31ClN4O4S2. The summed E-state index contributed by atoms with van der Waals surface area (Å²) in [6, 6.07) is 15.6. The van der Waals surface area contributed by atoms with Crippen LogP contribution < -0.4 is 10.5 Å². The Balaban J connectivity index is 1.38. The molecule has 39 heavy (non-hydrogen) atoms. The number of imidazole rings is 1. The number of thiophene rings is 1. The molecule has 1 atom stereocenters. The zero-order chi connectivity index (χ0) is 27.7. The lowest BCUT2D eigenvalue weighted by Crippen LogP contribution is -2.36. The molecule has 3 heterocycles. The summed E-state index contributed by atoms with van der Waals surface area (Å²) in [5.41, 5.74) is 9.56. The number of sulfone groups is 1. The Morgan fingerprint density at radius 2 is 1.95 bits per heavy atom. The fraction of sp³-hybridized carbons (Fsp3) is 0.357. The van der Waals surface area contributed by atoms with Crippen LogP contribution >= 0.6 is 22.9 Å². The standard InChI is InChI=1S/C28H31ClN4O4S2/c1-18(21-5-3-4-6-22(21)29)37-25-16-26(38-27(25)28(30)34)33-17-31-23-8-7-20(15-24(23)33)19-9-11-32(12-10-19)13-14-39(2,35)36/h3-8,15-19H,9-14H2,1-2H3,(H2,30,34). The lowest BCUT2D eigenvalue weighted by atomic mass is 9.89. The minimum atomic E-state index is -2.96. The molecule has 0 saturated carbocycles.